The molecule has 0 aliphatic carbocycles. The molecular formula is C24H37KO7S. The summed E-state index contributed by atoms with van der Waals surface area (Å²) in [6.45, 7) is 4.12. The number of rotatable bonds is 17. The van der Waals surface area contributed by atoms with Crippen LogP contribution in [0.4, 0.5) is 0 Å². The quantitative estimate of drug-likeness (QED) is 0.138. The van der Waals surface area contributed by atoms with E-state index in [1.807, 2.05) is 0 Å². The number of unbranched alkanes of at least 4 members (excludes halogenated alkanes) is 9. The van der Waals surface area contributed by atoms with Gasteiger partial charge in [-0.15, -0.1) is 0 Å². The summed E-state index contributed by atoms with van der Waals surface area (Å²) in [4.78, 5) is 24.9. The van der Waals surface area contributed by atoms with Crippen molar-refractivity contribution in [3.05, 3.63) is 35.4 Å². The first-order valence-corrected chi connectivity index (χ1v) is 13.2. The maximum absolute atomic E-state index is 12.4. The van der Waals surface area contributed by atoms with E-state index in [4.69, 9.17) is 9.47 Å². The summed E-state index contributed by atoms with van der Waals surface area (Å²) < 4.78 is 44.1. The monoisotopic (exact) mass is 508 g/mol. The Bertz CT molecular complexity index is 796. The minimum absolute atomic E-state index is 0. The number of carbonyl (C=O) groups excluding carboxylic acids is 2. The maximum atomic E-state index is 12.4. The number of ether oxygens (including phenoxy) is 2. The molecule has 0 bridgehead atoms. The molecule has 1 atom stereocenters. The van der Waals surface area contributed by atoms with Crippen LogP contribution in [-0.2, 0) is 19.6 Å². The van der Waals surface area contributed by atoms with Crippen LogP contribution in [0.2, 0.25) is 0 Å². The minimum Gasteiger partial charge on any atom is -0.745 e. The SMILES string of the molecule is CCCCCCCCCCCCOC(=O)c1ccccc1C(=O)OC(CCC)S(=O)(=O)[O-].[K+]. The topological polar surface area (TPSA) is 110 Å². The normalized spacial score (nSPS) is 12.0. The molecule has 1 unspecified atom stereocenters. The van der Waals surface area contributed by atoms with E-state index in [0.717, 1.165) is 19.3 Å². The van der Waals surface area contributed by atoms with Crippen LogP contribution in [0.1, 0.15) is 112 Å². The van der Waals surface area contributed by atoms with Gasteiger partial charge in [-0.2, -0.15) is 0 Å². The second-order valence-corrected chi connectivity index (χ2v) is 9.49. The van der Waals surface area contributed by atoms with E-state index in [1.54, 1.807) is 13.0 Å². The van der Waals surface area contributed by atoms with Crippen molar-refractivity contribution in [3.8, 4) is 0 Å². The Morgan fingerprint density at radius 1 is 0.818 bits per heavy atom. The molecule has 7 nitrogen and oxygen atoms in total. The van der Waals surface area contributed by atoms with Crippen LogP contribution in [0.3, 0.4) is 0 Å². The second-order valence-electron chi connectivity index (χ2n) is 7.98. The molecule has 1 aromatic rings. The van der Waals surface area contributed by atoms with E-state index >= 15 is 0 Å². The molecule has 0 amide bonds. The van der Waals surface area contributed by atoms with Crippen LogP contribution in [-0.4, -0.2) is 37.0 Å². The Labute approximate surface area is 241 Å². The molecule has 0 fully saturated rings. The average molecular weight is 509 g/mol. The van der Waals surface area contributed by atoms with E-state index in [0.29, 0.717) is 6.42 Å². The Kier molecular flexibility index (Phi) is 18.8. The van der Waals surface area contributed by atoms with E-state index in [2.05, 4.69) is 6.92 Å². The molecule has 0 heterocycles. The largest absolute Gasteiger partial charge is 1.00 e. The molecule has 0 radical (unpaired) electrons. The molecule has 0 aromatic heterocycles. The Hall–Kier alpha value is -0.294. The van der Waals surface area contributed by atoms with Gasteiger partial charge in [0.2, 0.25) is 0 Å². The van der Waals surface area contributed by atoms with Crippen molar-refractivity contribution < 1.29 is 83.4 Å². The van der Waals surface area contributed by atoms with Gasteiger partial charge in [0.25, 0.3) is 0 Å². The minimum atomic E-state index is -4.81. The van der Waals surface area contributed by atoms with Crippen molar-refractivity contribution in [2.75, 3.05) is 6.61 Å². The fourth-order valence-corrected chi connectivity index (χ4v) is 4.08. The van der Waals surface area contributed by atoms with Gasteiger partial charge in [0.15, 0.2) is 5.44 Å². The zero-order valence-corrected chi connectivity index (χ0v) is 24.3. The van der Waals surface area contributed by atoms with Gasteiger partial charge in [0.1, 0.15) is 10.1 Å². The molecule has 1 rings (SSSR count). The Balaban J connectivity index is 0.0000102. The zero-order chi connectivity index (χ0) is 23.8. The Morgan fingerprint density at radius 3 is 1.79 bits per heavy atom. The van der Waals surface area contributed by atoms with Crippen molar-refractivity contribution in [3.63, 3.8) is 0 Å². The van der Waals surface area contributed by atoms with E-state index in [-0.39, 0.29) is 75.5 Å². The molecule has 1 aromatic carbocycles. The van der Waals surface area contributed by atoms with Gasteiger partial charge in [0.05, 0.1) is 17.7 Å². The van der Waals surface area contributed by atoms with Gasteiger partial charge in [-0.25, -0.2) is 18.0 Å². The van der Waals surface area contributed by atoms with Crippen molar-refractivity contribution in [1.29, 1.82) is 0 Å². The second kappa shape index (κ2) is 19.0. The van der Waals surface area contributed by atoms with Crippen molar-refractivity contribution in [2.24, 2.45) is 0 Å². The van der Waals surface area contributed by atoms with Crippen molar-refractivity contribution >= 4 is 22.1 Å². The van der Waals surface area contributed by atoms with E-state index in [1.165, 1.54) is 63.1 Å². The Morgan fingerprint density at radius 2 is 1.30 bits per heavy atom. The molecular weight excluding hydrogens is 471 g/mol. The van der Waals surface area contributed by atoms with E-state index < -0.39 is 27.5 Å². The van der Waals surface area contributed by atoms with Gasteiger partial charge in [-0.1, -0.05) is 90.2 Å². The van der Waals surface area contributed by atoms with Crippen LogP contribution in [0, 0.1) is 0 Å². The van der Waals surface area contributed by atoms with Gasteiger partial charge in [-0.05, 0) is 25.0 Å². The first-order chi connectivity index (χ1) is 15.3. The summed E-state index contributed by atoms with van der Waals surface area (Å²) in [7, 11) is -4.81. The smallest absolute Gasteiger partial charge is 0.745 e. The molecule has 0 spiro atoms. The summed E-state index contributed by atoms with van der Waals surface area (Å²) in [5, 5.41) is 0. The van der Waals surface area contributed by atoms with Crippen LogP contribution in [0.5, 0.6) is 0 Å². The molecule has 0 saturated carbocycles. The van der Waals surface area contributed by atoms with E-state index in [9.17, 15) is 22.6 Å². The summed E-state index contributed by atoms with van der Waals surface area (Å²) in [5.41, 5.74) is -1.91. The predicted molar refractivity (Wildman–Crippen MR) is 122 cm³/mol. The van der Waals surface area contributed by atoms with Crippen LogP contribution in [0.25, 0.3) is 0 Å². The molecule has 0 aliphatic rings. The summed E-state index contributed by atoms with van der Waals surface area (Å²) in [5.74, 6) is -1.71. The molecule has 0 aliphatic heterocycles. The van der Waals surface area contributed by atoms with Gasteiger partial charge in [-0.3, -0.25) is 0 Å². The average Bonchev–Trinajstić information content (AvgIpc) is 2.76. The summed E-state index contributed by atoms with van der Waals surface area (Å²) in [6, 6.07) is 5.86. The summed E-state index contributed by atoms with van der Waals surface area (Å²) >= 11 is 0. The van der Waals surface area contributed by atoms with Crippen LogP contribution in [0.15, 0.2) is 24.3 Å². The molecule has 182 valence electrons. The van der Waals surface area contributed by atoms with Crippen molar-refractivity contribution in [2.45, 2.75) is 96.3 Å². The third kappa shape index (κ3) is 14.0. The number of carbonyl (C=O) groups is 2. The molecule has 9 heteroatoms. The molecule has 33 heavy (non-hydrogen) atoms. The fourth-order valence-electron chi connectivity index (χ4n) is 3.35. The summed E-state index contributed by atoms with van der Waals surface area (Å²) in [6.07, 6.45) is 11.9. The standard InChI is InChI=1S/C24H38O7S.K/c1-3-5-6-7-8-9-10-11-12-15-19-30-23(25)20-17-13-14-18-21(20)24(26)31-22(16-4-2)32(27,28)29;/h13-14,17-18,22H,3-12,15-16,19H2,1-2H3,(H,27,28,29);/q;+1/p-1. The first kappa shape index (κ1) is 32.7. The molecule has 0 saturated heterocycles. The maximum Gasteiger partial charge on any atom is 1.00 e. The van der Waals surface area contributed by atoms with Gasteiger partial charge in [0, 0.05) is 0 Å². The first-order valence-electron chi connectivity index (χ1n) is 11.7. The number of esters is 2. The van der Waals surface area contributed by atoms with Crippen LogP contribution >= 0.6 is 0 Å². The van der Waals surface area contributed by atoms with Crippen LogP contribution < -0.4 is 51.4 Å². The number of hydrogen-bond acceptors (Lipinski definition) is 7. The van der Waals surface area contributed by atoms with Crippen molar-refractivity contribution in [1.82, 2.24) is 0 Å². The number of hydrogen-bond donors (Lipinski definition) is 0. The predicted octanol–water partition coefficient (Wildman–Crippen LogP) is 2.60. The van der Waals surface area contributed by atoms with Gasteiger partial charge < -0.3 is 14.0 Å². The third-order valence-corrected chi connectivity index (χ3v) is 6.16. The molecule has 0 N–H and O–H groups in total. The fraction of sp³-hybridized carbons (Fsp3) is 0.667. The third-order valence-electron chi connectivity index (χ3n) is 5.18. The zero-order valence-electron chi connectivity index (χ0n) is 20.3. The number of benzene rings is 1. The van der Waals surface area contributed by atoms with Gasteiger partial charge >= 0.3 is 63.3 Å².